The lowest BCUT2D eigenvalue weighted by Gasteiger charge is -2.07. The number of aromatic nitrogens is 1. The van der Waals surface area contributed by atoms with E-state index < -0.39 is 11.7 Å². The van der Waals surface area contributed by atoms with E-state index in [0.717, 1.165) is 12.3 Å². The fraction of sp³-hybridized carbons (Fsp3) is 0.333. The van der Waals surface area contributed by atoms with Crippen molar-refractivity contribution in [1.29, 1.82) is 0 Å². The number of hydrogen-bond acceptors (Lipinski definition) is 2. The molecule has 19 heavy (non-hydrogen) atoms. The standard InChI is InChI=1S/C12H12ClF3N2O/c1-8(19)17-5-3-2-4-11-10(13)6-9(7-18-11)12(14,15)16/h2,4,6-7H,3,5H2,1H3,(H,17,19). The van der Waals surface area contributed by atoms with Crippen molar-refractivity contribution in [3.05, 3.63) is 34.6 Å². The predicted molar refractivity (Wildman–Crippen MR) is 66.6 cm³/mol. The van der Waals surface area contributed by atoms with Crippen LogP contribution in [0.5, 0.6) is 0 Å². The summed E-state index contributed by atoms with van der Waals surface area (Å²) in [5, 5.41) is 2.52. The molecule has 0 saturated carbocycles. The second-order valence-electron chi connectivity index (χ2n) is 3.76. The third-order valence-corrected chi connectivity index (χ3v) is 2.46. The molecule has 0 aliphatic heterocycles. The van der Waals surface area contributed by atoms with Crippen molar-refractivity contribution in [2.75, 3.05) is 6.54 Å². The van der Waals surface area contributed by atoms with Crippen LogP contribution in [0.15, 0.2) is 18.3 Å². The molecule has 0 bridgehead atoms. The number of nitrogens with one attached hydrogen (secondary N) is 1. The van der Waals surface area contributed by atoms with Crippen LogP contribution >= 0.6 is 11.6 Å². The molecule has 3 nitrogen and oxygen atoms in total. The van der Waals surface area contributed by atoms with Crippen molar-refractivity contribution in [2.45, 2.75) is 19.5 Å². The number of carbonyl (C=O) groups is 1. The first-order valence-corrected chi connectivity index (χ1v) is 5.82. The maximum Gasteiger partial charge on any atom is 0.417 e. The molecule has 0 atom stereocenters. The molecule has 0 aromatic carbocycles. The Labute approximate surface area is 113 Å². The van der Waals surface area contributed by atoms with Gasteiger partial charge in [0.1, 0.15) is 0 Å². The Kier molecular flexibility index (Phi) is 5.35. The smallest absolute Gasteiger partial charge is 0.356 e. The predicted octanol–water partition coefficient (Wildman–Crippen LogP) is 3.29. The van der Waals surface area contributed by atoms with Gasteiger partial charge in [0.15, 0.2) is 0 Å². The van der Waals surface area contributed by atoms with E-state index in [1.807, 2.05) is 0 Å². The minimum Gasteiger partial charge on any atom is -0.356 e. The zero-order valence-corrected chi connectivity index (χ0v) is 10.8. The average Bonchev–Trinajstić information content (AvgIpc) is 2.28. The summed E-state index contributed by atoms with van der Waals surface area (Å²) >= 11 is 5.72. The number of rotatable bonds is 4. The summed E-state index contributed by atoms with van der Waals surface area (Å²) in [6.45, 7) is 1.85. The normalized spacial score (nSPS) is 11.8. The molecule has 0 aliphatic carbocycles. The third kappa shape index (κ3) is 5.30. The van der Waals surface area contributed by atoms with Crippen LogP contribution in [0.4, 0.5) is 13.2 Å². The second kappa shape index (κ2) is 6.56. The van der Waals surface area contributed by atoms with Gasteiger partial charge in [0.25, 0.3) is 0 Å². The van der Waals surface area contributed by atoms with Crippen molar-refractivity contribution < 1.29 is 18.0 Å². The molecule has 7 heteroatoms. The van der Waals surface area contributed by atoms with Gasteiger partial charge in [0.05, 0.1) is 16.3 Å². The number of halogens is 4. The SMILES string of the molecule is CC(=O)NCCC=Cc1ncc(C(F)(F)F)cc1Cl. The van der Waals surface area contributed by atoms with Crippen LogP contribution in [-0.2, 0) is 11.0 Å². The van der Waals surface area contributed by atoms with Crippen LogP contribution in [0.1, 0.15) is 24.6 Å². The second-order valence-corrected chi connectivity index (χ2v) is 4.17. The molecule has 104 valence electrons. The Morgan fingerprint density at radius 2 is 2.21 bits per heavy atom. The average molecular weight is 293 g/mol. The number of amides is 1. The van der Waals surface area contributed by atoms with Crippen molar-refractivity contribution in [2.24, 2.45) is 0 Å². The third-order valence-electron chi connectivity index (χ3n) is 2.16. The van der Waals surface area contributed by atoms with E-state index in [-0.39, 0.29) is 16.6 Å². The molecule has 0 fully saturated rings. The summed E-state index contributed by atoms with van der Waals surface area (Å²) in [7, 11) is 0. The number of alkyl halides is 3. The Hall–Kier alpha value is -1.56. The van der Waals surface area contributed by atoms with Gasteiger partial charge in [0, 0.05) is 19.7 Å². The molecular formula is C12H12ClF3N2O. The van der Waals surface area contributed by atoms with Gasteiger partial charge in [-0.25, -0.2) is 0 Å². The van der Waals surface area contributed by atoms with Gasteiger partial charge in [0.2, 0.25) is 5.91 Å². The molecule has 1 N–H and O–H groups in total. The lowest BCUT2D eigenvalue weighted by Crippen LogP contribution is -2.20. The first-order valence-electron chi connectivity index (χ1n) is 5.44. The maximum atomic E-state index is 12.4. The maximum absolute atomic E-state index is 12.4. The van der Waals surface area contributed by atoms with Crippen LogP contribution in [0.2, 0.25) is 5.02 Å². The van der Waals surface area contributed by atoms with Gasteiger partial charge >= 0.3 is 6.18 Å². The van der Waals surface area contributed by atoms with Gasteiger partial charge in [-0.15, -0.1) is 0 Å². The first kappa shape index (κ1) is 15.5. The highest BCUT2D eigenvalue weighted by molar-refractivity contribution is 6.31. The highest BCUT2D eigenvalue weighted by Gasteiger charge is 2.31. The molecular weight excluding hydrogens is 281 g/mol. The van der Waals surface area contributed by atoms with Crippen molar-refractivity contribution in [1.82, 2.24) is 10.3 Å². The highest BCUT2D eigenvalue weighted by atomic mass is 35.5. The summed E-state index contributed by atoms with van der Waals surface area (Å²) in [4.78, 5) is 14.2. The minimum atomic E-state index is -4.45. The van der Waals surface area contributed by atoms with Gasteiger partial charge in [-0.05, 0) is 18.6 Å². The van der Waals surface area contributed by atoms with E-state index >= 15 is 0 Å². The lowest BCUT2D eigenvalue weighted by atomic mass is 10.2. The van der Waals surface area contributed by atoms with Crippen molar-refractivity contribution >= 4 is 23.6 Å². The molecule has 0 unspecified atom stereocenters. The summed E-state index contributed by atoms with van der Waals surface area (Å²) < 4.78 is 37.1. The fourth-order valence-corrected chi connectivity index (χ4v) is 1.48. The van der Waals surface area contributed by atoms with E-state index in [4.69, 9.17) is 11.6 Å². The zero-order valence-electron chi connectivity index (χ0n) is 10.1. The van der Waals surface area contributed by atoms with Crippen LogP contribution in [0.25, 0.3) is 6.08 Å². The largest absolute Gasteiger partial charge is 0.417 e. The fourth-order valence-electron chi connectivity index (χ4n) is 1.25. The van der Waals surface area contributed by atoms with Crippen LogP contribution in [0, 0.1) is 0 Å². The Morgan fingerprint density at radius 1 is 1.53 bits per heavy atom. The monoisotopic (exact) mass is 292 g/mol. The molecule has 0 spiro atoms. The molecule has 1 aromatic rings. The number of nitrogens with zero attached hydrogens (tertiary/aromatic N) is 1. The summed E-state index contributed by atoms with van der Waals surface area (Å²) in [5.41, 5.74) is -0.620. The van der Waals surface area contributed by atoms with E-state index in [0.29, 0.717) is 13.0 Å². The van der Waals surface area contributed by atoms with Crippen LogP contribution in [0.3, 0.4) is 0 Å². The molecule has 1 heterocycles. The molecule has 1 amide bonds. The van der Waals surface area contributed by atoms with Crippen LogP contribution < -0.4 is 5.32 Å². The van der Waals surface area contributed by atoms with E-state index in [1.54, 1.807) is 6.08 Å². The number of pyridine rings is 1. The Bertz CT molecular complexity index is 486. The molecule has 1 rings (SSSR count). The van der Waals surface area contributed by atoms with Gasteiger partial charge in [-0.2, -0.15) is 13.2 Å². The van der Waals surface area contributed by atoms with E-state index in [1.165, 1.54) is 13.0 Å². The summed E-state index contributed by atoms with van der Waals surface area (Å²) in [6, 6.07) is 0.835. The van der Waals surface area contributed by atoms with Crippen molar-refractivity contribution in [3.63, 3.8) is 0 Å². The lowest BCUT2D eigenvalue weighted by molar-refractivity contribution is -0.137. The molecule has 1 aromatic heterocycles. The highest BCUT2D eigenvalue weighted by Crippen LogP contribution is 2.31. The minimum absolute atomic E-state index is 0.0643. The molecule has 0 saturated heterocycles. The summed E-state index contributed by atoms with van der Waals surface area (Å²) in [5.74, 6) is -0.140. The number of carbonyl (C=O) groups excluding carboxylic acids is 1. The van der Waals surface area contributed by atoms with Gasteiger partial charge in [-0.1, -0.05) is 17.7 Å². The van der Waals surface area contributed by atoms with E-state index in [9.17, 15) is 18.0 Å². The van der Waals surface area contributed by atoms with Gasteiger partial charge < -0.3 is 5.32 Å². The first-order chi connectivity index (χ1) is 8.80. The summed E-state index contributed by atoms with van der Waals surface area (Å²) in [6.07, 6.45) is 0.0179. The van der Waals surface area contributed by atoms with Gasteiger partial charge in [-0.3, -0.25) is 9.78 Å². The van der Waals surface area contributed by atoms with Crippen LogP contribution in [-0.4, -0.2) is 17.4 Å². The molecule has 0 aliphatic rings. The topological polar surface area (TPSA) is 42.0 Å². The Morgan fingerprint density at radius 3 is 2.74 bits per heavy atom. The van der Waals surface area contributed by atoms with E-state index in [2.05, 4.69) is 10.3 Å². The molecule has 0 radical (unpaired) electrons. The van der Waals surface area contributed by atoms with Crippen molar-refractivity contribution in [3.8, 4) is 0 Å². The number of hydrogen-bond donors (Lipinski definition) is 1. The Balaban J connectivity index is 2.65. The quantitative estimate of drug-likeness (QED) is 0.865. The zero-order chi connectivity index (χ0) is 14.5.